The minimum absolute atomic E-state index is 0.326. The molecule has 0 unspecified atom stereocenters. The number of nitrogens with one attached hydrogen (secondary N) is 2. The average Bonchev–Trinajstić information content (AvgIpc) is 3.25. The van der Waals surface area contributed by atoms with Crippen molar-refractivity contribution in [2.75, 3.05) is 13.7 Å². The van der Waals surface area contributed by atoms with Crippen LogP contribution >= 0.6 is 0 Å². The van der Waals surface area contributed by atoms with E-state index < -0.39 is 18.0 Å². The van der Waals surface area contributed by atoms with Gasteiger partial charge in [0, 0.05) is 23.0 Å². The molecule has 2 amide bonds. The molecule has 2 aromatic carbocycles. The number of allylic oxidation sites excluding steroid dienone is 1. The summed E-state index contributed by atoms with van der Waals surface area (Å²) in [5, 5.41) is 10.3. The Balaban J connectivity index is 1.88. The number of hydrogen-bond acceptors (Lipinski definition) is 5. The van der Waals surface area contributed by atoms with Crippen molar-refractivity contribution in [3.8, 4) is 22.7 Å². The van der Waals surface area contributed by atoms with Gasteiger partial charge in [0.05, 0.1) is 36.7 Å². The van der Waals surface area contributed by atoms with Gasteiger partial charge in [0.2, 0.25) is 0 Å². The van der Waals surface area contributed by atoms with Crippen LogP contribution in [0.1, 0.15) is 25.5 Å². The van der Waals surface area contributed by atoms with Gasteiger partial charge in [-0.25, -0.2) is 14.3 Å². The van der Waals surface area contributed by atoms with Gasteiger partial charge in [0.25, 0.3) is 0 Å². The Bertz CT molecular complexity index is 1170. The number of esters is 1. The molecule has 4 rings (SSSR count). The minimum Gasteiger partial charge on any atom is -0.494 e. The highest BCUT2D eigenvalue weighted by molar-refractivity contribution is 5.95. The van der Waals surface area contributed by atoms with Crippen molar-refractivity contribution in [1.29, 1.82) is 0 Å². The Morgan fingerprint density at radius 1 is 1.12 bits per heavy atom. The lowest BCUT2D eigenvalue weighted by Crippen LogP contribution is -2.45. The van der Waals surface area contributed by atoms with Crippen molar-refractivity contribution >= 4 is 12.0 Å². The highest BCUT2D eigenvalue weighted by Gasteiger charge is 2.35. The second-order valence-electron chi connectivity index (χ2n) is 7.23. The average molecular weight is 432 g/mol. The molecule has 1 aliphatic heterocycles. The molecule has 2 heterocycles. The first-order valence-corrected chi connectivity index (χ1v) is 10.3. The zero-order valence-corrected chi connectivity index (χ0v) is 18.1. The van der Waals surface area contributed by atoms with E-state index in [0.717, 1.165) is 17.0 Å². The lowest BCUT2D eigenvalue weighted by atomic mass is 9.94. The SMILES string of the molecule is CCOc1ccc(-c2nn(-c3ccccc3)cc2[C@H]2NC(=O)NC(C)=C2C(=O)OC)cc1. The zero-order chi connectivity index (χ0) is 22.7. The Kier molecular flexibility index (Phi) is 5.93. The number of hydrogen-bond donors (Lipinski definition) is 2. The molecule has 2 N–H and O–H groups in total. The molecular formula is C24H24N4O4. The molecule has 164 valence electrons. The summed E-state index contributed by atoms with van der Waals surface area (Å²) in [6, 6.07) is 16.1. The predicted octanol–water partition coefficient (Wildman–Crippen LogP) is 3.74. The molecule has 1 aromatic heterocycles. The third kappa shape index (κ3) is 4.07. The van der Waals surface area contributed by atoms with E-state index in [1.807, 2.05) is 67.7 Å². The number of nitrogens with zero attached hydrogens (tertiary/aromatic N) is 2. The lowest BCUT2D eigenvalue weighted by molar-refractivity contribution is -0.136. The fourth-order valence-corrected chi connectivity index (χ4v) is 3.72. The standard InChI is InChI=1S/C24H24N4O4/c1-4-32-18-12-10-16(11-13-18)21-19(14-28(27-21)17-8-6-5-7-9-17)22-20(23(29)31-3)15(2)25-24(30)26-22/h5-14,22H,4H2,1-3H3,(H2,25,26,30)/t22-/m1/s1. The van der Waals surface area contributed by atoms with Crippen LogP contribution in [0.5, 0.6) is 5.75 Å². The molecule has 0 fully saturated rings. The van der Waals surface area contributed by atoms with Gasteiger partial charge in [0.1, 0.15) is 5.75 Å². The Hall–Kier alpha value is -4.07. The molecule has 1 atom stereocenters. The Morgan fingerprint density at radius 3 is 2.50 bits per heavy atom. The molecule has 0 saturated carbocycles. The maximum Gasteiger partial charge on any atom is 0.337 e. The Labute approximate surface area is 185 Å². The molecule has 0 spiro atoms. The smallest absolute Gasteiger partial charge is 0.337 e. The largest absolute Gasteiger partial charge is 0.494 e. The summed E-state index contributed by atoms with van der Waals surface area (Å²) >= 11 is 0. The van der Waals surface area contributed by atoms with Crippen molar-refractivity contribution in [2.24, 2.45) is 0 Å². The number of methoxy groups -OCH3 is 1. The van der Waals surface area contributed by atoms with E-state index in [2.05, 4.69) is 10.6 Å². The number of urea groups is 1. The van der Waals surface area contributed by atoms with Gasteiger partial charge in [-0.05, 0) is 50.2 Å². The van der Waals surface area contributed by atoms with Crippen LogP contribution in [0.25, 0.3) is 16.9 Å². The molecule has 8 heteroatoms. The van der Waals surface area contributed by atoms with Crippen LogP contribution in [-0.4, -0.2) is 35.5 Å². The van der Waals surface area contributed by atoms with E-state index in [1.54, 1.807) is 11.6 Å². The first-order valence-electron chi connectivity index (χ1n) is 10.3. The molecule has 0 bridgehead atoms. The summed E-state index contributed by atoms with van der Waals surface area (Å²) in [7, 11) is 1.32. The van der Waals surface area contributed by atoms with E-state index >= 15 is 0 Å². The van der Waals surface area contributed by atoms with E-state index in [4.69, 9.17) is 14.6 Å². The number of para-hydroxylation sites is 1. The molecule has 3 aromatic rings. The van der Waals surface area contributed by atoms with Gasteiger partial charge < -0.3 is 20.1 Å². The highest BCUT2D eigenvalue weighted by Crippen LogP contribution is 2.35. The number of carbonyl (C=O) groups is 2. The minimum atomic E-state index is -0.727. The topological polar surface area (TPSA) is 94.5 Å². The lowest BCUT2D eigenvalue weighted by Gasteiger charge is -2.27. The summed E-state index contributed by atoms with van der Waals surface area (Å²) in [5.74, 6) is 0.228. The second-order valence-corrected chi connectivity index (χ2v) is 7.23. The summed E-state index contributed by atoms with van der Waals surface area (Å²) in [6.45, 7) is 4.17. The maximum atomic E-state index is 12.6. The van der Waals surface area contributed by atoms with E-state index in [1.165, 1.54) is 7.11 Å². The van der Waals surface area contributed by atoms with Crippen molar-refractivity contribution < 1.29 is 19.1 Å². The number of aromatic nitrogens is 2. The third-order valence-electron chi connectivity index (χ3n) is 5.19. The van der Waals surface area contributed by atoms with Gasteiger partial charge in [-0.1, -0.05) is 18.2 Å². The fourth-order valence-electron chi connectivity index (χ4n) is 3.72. The third-order valence-corrected chi connectivity index (χ3v) is 5.19. The summed E-state index contributed by atoms with van der Waals surface area (Å²) in [6.07, 6.45) is 1.83. The first-order chi connectivity index (χ1) is 15.5. The summed E-state index contributed by atoms with van der Waals surface area (Å²) in [5.41, 5.74) is 3.76. The Morgan fingerprint density at radius 2 is 1.84 bits per heavy atom. The predicted molar refractivity (Wildman–Crippen MR) is 119 cm³/mol. The number of amides is 2. The molecule has 0 radical (unpaired) electrons. The quantitative estimate of drug-likeness (QED) is 0.579. The summed E-state index contributed by atoms with van der Waals surface area (Å²) in [4.78, 5) is 24.9. The van der Waals surface area contributed by atoms with Crippen LogP contribution in [-0.2, 0) is 9.53 Å². The van der Waals surface area contributed by atoms with Gasteiger partial charge in [-0.15, -0.1) is 0 Å². The molecule has 0 saturated heterocycles. The number of benzene rings is 2. The monoisotopic (exact) mass is 432 g/mol. The van der Waals surface area contributed by atoms with E-state index in [0.29, 0.717) is 29.1 Å². The van der Waals surface area contributed by atoms with Crippen LogP contribution < -0.4 is 15.4 Å². The maximum absolute atomic E-state index is 12.6. The van der Waals surface area contributed by atoms with Gasteiger partial charge in [-0.2, -0.15) is 5.10 Å². The highest BCUT2D eigenvalue weighted by atomic mass is 16.5. The van der Waals surface area contributed by atoms with E-state index in [-0.39, 0.29) is 0 Å². The molecule has 32 heavy (non-hydrogen) atoms. The fraction of sp³-hybridized carbons (Fsp3) is 0.208. The van der Waals surface area contributed by atoms with Crippen LogP contribution in [0.2, 0.25) is 0 Å². The zero-order valence-electron chi connectivity index (χ0n) is 18.1. The normalized spacial score (nSPS) is 15.7. The van der Waals surface area contributed by atoms with Gasteiger partial charge in [0.15, 0.2) is 0 Å². The first kappa shape index (κ1) is 21.2. The van der Waals surface area contributed by atoms with Crippen LogP contribution in [0, 0.1) is 0 Å². The van der Waals surface area contributed by atoms with Gasteiger partial charge in [-0.3, -0.25) is 0 Å². The van der Waals surface area contributed by atoms with Crippen molar-refractivity contribution in [1.82, 2.24) is 20.4 Å². The molecular weight excluding hydrogens is 408 g/mol. The van der Waals surface area contributed by atoms with Crippen LogP contribution in [0.3, 0.4) is 0 Å². The number of ether oxygens (including phenoxy) is 2. The number of rotatable bonds is 6. The molecule has 0 aliphatic carbocycles. The van der Waals surface area contributed by atoms with Crippen molar-refractivity contribution in [3.63, 3.8) is 0 Å². The molecule has 1 aliphatic rings. The van der Waals surface area contributed by atoms with Crippen LogP contribution in [0.4, 0.5) is 4.79 Å². The van der Waals surface area contributed by atoms with Crippen molar-refractivity contribution in [3.05, 3.63) is 77.6 Å². The van der Waals surface area contributed by atoms with Crippen LogP contribution in [0.15, 0.2) is 72.1 Å². The molecule has 8 nitrogen and oxygen atoms in total. The summed E-state index contributed by atoms with van der Waals surface area (Å²) < 4.78 is 12.3. The number of carbonyl (C=O) groups excluding carboxylic acids is 2. The van der Waals surface area contributed by atoms with Crippen molar-refractivity contribution in [2.45, 2.75) is 19.9 Å². The second kappa shape index (κ2) is 8.97. The van der Waals surface area contributed by atoms with E-state index in [9.17, 15) is 9.59 Å². The van der Waals surface area contributed by atoms with Gasteiger partial charge >= 0.3 is 12.0 Å².